The van der Waals surface area contributed by atoms with Crippen LogP contribution in [0.15, 0.2) is 12.1 Å². The summed E-state index contributed by atoms with van der Waals surface area (Å²) in [5.74, 6) is -0.940. The van der Waals surface area contributed by atoms with Gasteiger partial charge in [0.1, 0.15) is 4.88 Å². The Bertz CT molecular complexity index is 496. The third-order valence-corrected chi connectivity index (χ3v) is 3.18. The van der Waals surface area contributed by atoms with E-state index in [-0.39, 0.29) is 5.92 Å². The normalized spacial score (nSPS) is 10.2. The van der Waals surface area contributed by atoms with Gasteiger partial charge in [-0.2, -0.15) is 0 Å². The number of imide groups is 1. The van der Waals surface area contributed by atoms with Gasteiger partial charge in [-0.1, -0.05) is 13.8 Å². The van der Waals surface area contributed by atoms with Crippen LogP contribution in [0, 0.1) is 12.8 Å². The fourth-order valence-electron chi connectivity index (χ4n) is 1.25. The minimum Gasteiger partial charge on any atom is -0.451 e. The summed E-state index contributed by atoms with van der Waals surface area (Å²) in [5.41, 5.74) is 0. The van der Waals surface area contributed by atoms with Crippen LogP contribution < -0.4 is 10.6 Å². The Balaban J connectivity index is 2.29. The number of amides is 3. The number of carbonyl (C=O) groups excluding carboxylic acids is 3. The van der Waals surface area contributed by atoms with Crippen LogP contribution in [0.25, 0.3) is 0 Å². The highest BCUT2D eigenvalue weighted by atomic mass is 32.1. The van der Waals surface area contributed by atoms with Crippen molar-refractivity contribution in [2.75, 3.05) is 13.2 Å². The molecule has 7 heteroatoms. The van der Waals surface area contributed by atoms with Crippen molar-refractivity contribution in [1.82, 2.24) is 10.6 Å². The van der Waals surface area contributed by atoms with Gasteiger partial charge < -0.3 is 10.1 Å². The number of carbonyl (C=O) groups is 3. The van der Waals surface area contributed by atoms with Crippen molar-refractivity contribution < 1.29 is 19.1 Å². The number of nitrogens with one attached hydrogen (secondary N) is 2. The Morgan fingerprint density at radius 2 is 2.00 bits per heavy atom. The molecule has 1 heterocycles. The Hall–Kier alpha value is -1.89. The van der Waals surface area contributed by atoms with Gasteiger partial charge >= 0.3 is 12.0 Å². The maximum absolute atomic E-state index is 11.6. The van der Waals surface area contributed by atoms with E-state index < -0.39 is 24.5 Å². The van der Waals surface area contributed by atoms with E-state index in [1.54, 1.807) is 12.1 Å². The van der Waals surface area contributed by atoms with Gasteiger partial charge in [-0.25, -0.2) is 9.59 Å². The zero-order chi connectivity index (χ0) is 15.1. The van der Waals surface area contributed by atoms with Crippen molar-refractivity contribution in [3.05, 3.63) is 21.9 Å². The van der Waals surface area contributed by atoms with Crippen LogP contribution in [0.2, 0.25) is 0 Å². The summed E-state index contributed by atoms with van der Waals surface area (Å²) in [6, 6.07) is 2.84. The first-order valence-electron chi connectivity index (χ1n) is 6.19. The lowest BCUT2D eigenvalue weighted by atomic mass is 10.2. The van der Waals surface area contributed by atoms with Crippen LogP contribution in [0.1, 0.15) is 28.4 Å². The fourth-order valence-corrected chi connectivity index (χ4v) is 2.01. The summed E-state index contributed by atoms with van der Waals surface area (Å²) in [4.78, 5) is 35.7. The summed E-state index contributed by atoms with van der Waals surface area (Å²) >= 11 is 1.29. The average molecular weight is 298 g/mol. The minimum atomic E-state index is -0.659. The SMILES string of the molecule is Cc1ccc(C(=O)OCC(=O)NC(=O)NCC(C)C)s1. The molecule has 3 amide bonds. The van der Waals surface area contributed by atoms with Crippen LogP contribution in [-0.2, 0) is 9.53 Å². The molecule has 0 atom stereocenters. The fraction of sp³-hybridized carbons (Fsp3) is 0.462. The predicted molar refractivity (Wildman–Crippen MR) is 75.7 cm³/mol. The summed E-state index contributed by atoms with van der Waals surface area (Å²) < 4.78 is 4.81. The van der Waals surface area contributed by atoms with Crippen molar-refractivity contribution in [3.8, 4) is 0 Å². The number of rotatable bonds is 5. The van der Waals surface area contributed by atoms with Crippen molar-refractivity contribution in [3.63, 3.8) is 0 Å². The highest BCUT2D eigenvalue weighted by molar-refractivity contribution is 7.13. The Labute approximate surface area is 121 Å². The molecule has 1 rings (SSSR count). The molecular formula is C13H18N2O4S. The molecule has 0 spiro atoms. The second-order valence-corrected chi connectivity index (χ2v) is 5.93. The van der Waals surface area contributed by atoms with E-state index >= 15 is 0 Å². The van der Waals surface area contributed by atoms with Gasteiger partial charge in [0.15, 0.2) is 6.61 Å². The molecule has 6 nitrogen and oxygen atoms in total. The van der Waals surface area contributed by atoms with Crippen LogP contribution in [0.5, 0.6) is 0 Å². The molecule has 0 saturated heterocycles. The molecule has 0 aromatic carbocycles. The van der Waals surface area contributed by atoms with E-state index in [4.69, 9.17) is 4.74 Å². The molecule has 0 aliphatic rings. The van der Waals surface area contributed by atoms with Gasteiger partial charge in [0, 0.05) is 11.4 Å². The van der Waals surface area contributed by atoms with E-state index in [1.807, 2.05) is 20.8 Å². The smallest absolute Gasteiger partial charge is 0.348 e. The van der Waals surface area contributed by atoms with Gasteiger partial charge in [-0.15, -0.1) is 11.3 Å². The summed E-state index contributed by atoms with van der Waals surface area (Å²) in [7, 11) is 0. The molecule has 0 unspecified atom stereocenters. The molecule has 110 valence electrons. The Morgan fingerprint density at radius 1 is 1.30 bits per heavy atom. The Morgan fingerprint density at radius 3 is 2.55 bits per heavy atom. The maximum Gasteiger partial charge on any atom is 0.348 e. The van der Waals surface area contributed by atoms with Crippen LogP contribution >= 0.6 is 11.3 Å². The number of esters is 1. The van der Waals surface area contributed by atoms with E-state index in [2.05, 4.69) is 10.6 Å². The van der Waals surface area contributed by atoms with Crippen LogP contribution in [-0.4, -0.2) is 31.1 Å². The maximum atomic E-state index is 11.6. The van der Waals surface area contributed by atoms with Gasteiger partial charge in [0.2, 0.25) is 0 Å². The molecule has 20 heavy (non-hydrogen) atoms. The lowest BCUT2D eigenvalue weighted by Gasteiger charge is -2.08. The zero-order valence-electron chi connectivity index (χ0n) is 11.7. The van der Waals surface area contributed by atoms with Gasteiger partial charge in [-0.3, -0.25) is 10.1 Å². The molecule has 0 aliphatic carbocycles. The summed E-state index contributed by atoms with van der Waals surface area (Å²) in [5, 5.41) is 4.61. The monoisotopic (exact) mass is 298 g/mol. The topological polar surface area (TPSA) is 84.5 Å². The molecule has 0 aliphatic heterocycles. The lowest BCUT2D eigenvalue weighted by Crippen LogP contribution is -2.42. The number of thiophene rings is 1. The predicted octanol–water partition coefficient (Wildman–Crippen LogP) is 1.70. The number of aryl methyl sites for hydroxylation is 1. The molecule has 1 aromatic heterocycles. The first-order chi connectivity index (χ1) is 9.38. The average Bonchev–Trinajstić information content (AvgIpc) is 2.80. The quantitative estimate of drug-likeness (QED) is 0.810. The zero-order valence-corrected chi connectivity index (χ0v) is 12.5. The second-order valence-electron chi connectivity index (χ2n) is 4.64. The van der Waals surface area contributed by atoms with Crippen LogP contribution in [0.4, 0.5) is 4.79 Å². The van der Waals surface area contributed by atoms with Crippen molar-refractivity contribution in [1.29, 1.82) is 0 Å². The molecule has 2 N–H and O–H groups in total. The van der Waals surface area contributed by atoms with E-state index in [0.717, 1.165) is 4.88 Å². The van der Waals surface area contributed by atoms with Crippen molar-refractivity contribution in [2.24, 2.45) is 5.92 Å². The van der Waals surface area contributed by atoms with E-state index in [1.165, 1.54) is 11.3 Å². The highest BCUT2D eigenvalue weighted by Gasteiger charge is 2.13. The second kappa shape index (κ2) is 7.64. The van der Waals surface area contributed by atoms with E-state index in [0.29, 0.717) is 11.4 Å². The number of hydrogen-bond acceptors (Lipinski definition) is 5. The molecule has 1 aromatic rings. The van der Waals surface area contributed by atoms with Gasteiger partial charge in [0.05, 0.1) is 0 Å². The molecule has 0 bridgehead atoms. The minimum absolute atomic E-state index is 0.288. The molecular weight excluding hydrogens is 280 g/mol. The number of ether oxygens (including phenoxy) is 1. The van der Waals surface area contributed by atoms with Crippen molar-refractivity contribution >= 4 is 29.2 Å². The summed E-state index contributed by atoms with van der Waals surface area (Å²) in [6.45, 7) is 5.73. The van der Waals surface area contributed by atoms with Crippen molar-refractivity contribution in [2.45, 2.75) is 20.8 Å². The van der Waals surface area contributed by atoms with E-state index in [9.17, 15) is 14.4 Å². The molecule has 0 radical (unpaired) electrons. The number of urea groups is 1. The standard InChI is InChI=1S/C13H18N2O4S/c1-8(2)6-14-13(18)15-11(16)7-19-12(17)10-5-4-9(3)20-10/h4-5,8H,6-7H2,1-3H3,(H2,14,15,16,18). The summed E-state index contributed by atoms with van der Waals surface area (Å²) in [6.07, 6.45) is 0. The highest BCUT2D eigenvalue weighted by Crippen LogP contribution is 2.15. The number of hydrogen-bond donors (Lipinski definition) is 2. The first-order valence-corrected chi connectivity index (χ1v) is 7.01. The van der Waals surface area contributed by atoms with Crippen LogP contribution in [0.3, 0.4) is 0 Å². The molecule has 0 fully saturated rings. The van der Waals surface area contributed by atoms with Gasteiger partial charge in [0.25, 0.3) is 5.91 Å². The lowest BCUT2D eigenvalue weighted by molar-refractivity contribution is -0.123. The third kappa shape index (κ3) is 5.83. The largest absolute Gasteiger partial charge is 0.451 e. The first kappa shape index (κ1) is 16.2. The van der Waals surface area contributed by atoms with Gasteiger partial charge in [-0.05, 0) is 25.0 Å². The third-order valence-electron chi connectivity index (χ3n) is 2.20. The Kier molecular flexibility index (Phi) is 6.17. The molecule has 0 saturated carbocycles.